The predicted octanol–water partition coefficient (Wildman–Crippen LogP) is 4.08. The number of hydrogen-bond donors (Lipinski definition) is 1. The molecule has 1 atom stereocenters. The molecule has 26 heavy (non-hydrogen) atoms. The number of hydrogen-bond acceptors (Lipinski definition) is 4. The van der Waals surface area contributed by atoms with Crippen molar-refractivity contribution in [3.05, 3.63) is 60.2 Å². The van der Waals surface area contributed by atoms with E-state index < -0.39 is 12.1 Å². The highest BCUT2D eigenvalue weighted by atomic mass is 16.5. The number of rotatable bonds is 6. The summed E-state index contributed by atoms with van der Waals surface area (Å²) in [6.07, 6.45) is 3.45. The third-order valence-electron chi connectivity index (χ3n) is 4.42. The van der Waals surface area contributed by atoms with Crippen molar-refractivity contribution >= 4 is 11.9 Å². The fourth-order valence-corrected chi connectivity index (χ4v) is 2.95. The first-order valence-electron chi connectivity index (χ1n) is 8.96. The first-order valence-corrected chi connectivity index (χ1v) is 8.96. The Morgan fingerprint density at radius 3 is 2.23 bits per heavy atom. The molecular formula is C21H23NO4. The van der Waals surface area contributed by atoms with Crippen molar-refractivity contribution < 1.29 is 19.1 Å². The third-order valence-corrected chi connectivity index (χ3v) is 4.42. The monoisotopic (exact) mass is 353 g/mol. The number of ether oxygens (including phenoxy) is 2. The van der Waals surface area contributed by atoms with Gasteiger partial charge in [-0.15, -0.1) is 0 Å². The van der Waals surface area contributed by atoms with Gasteiger partial charge < -0.3 is 14.8 Å². The van der Waals surface area contributed by atoms with Crippen LogP contribution in [0.5, 0.6) is 11.5 Å². The number of para-hydroxylation sites is 1. The van der Waals surface area contributed by atoms with E-state index in [1.807, 2.05) is 30.3 Å². The molecule has 0 aliphatic heterocycles. The standard InChI is InChI=1S/C21H23NO4/c1-15(20(23)22-17-7-5-6-8-17)25-21(24)16-11-13-19(14-12-16)26-18-9-3-2-4-10-18/h2-4,9-15,17H,5-8H2,1H3,(H,22,23)/t15-/m1/s1. The summed E-state index contributed by atoms with van der Waals surface area (Å²) in [6, 6.07) is 16.3. The van der Waals surface area contributed by atoms with Crippen LogP contribution in [-0.2, 0) is 9.53 Å². The molecular weight excluding hydrogens is 330 g/mol. The second-order valence-electron chi connectivity index (χ2n) is 6.48. The lowest BCUT2D eigenvalue weighted by atomic mass is 10.2. The molecule has 1 N–H and O–H groups in total. The Labute approximate surface area is 153 Å². The number of amides is 1. The SMILES string of the molecule is C[C@@H](OC(=O)c1ccc(Oc2ccccc2)cc1)C(=O)NC1CCCC1. The van der Waals surface area contributed by atoms with Crippen molar-refractivity contribution in [3.8, 4) is 11.5 Å². The molecule has 2 aromatic carbocycles. The molecule has 0 unspecified atom stereocenters. The minimum Gasteiger partial charge on any atom is -0.457 e. The summed E-state index contributed by atoms with van der Waals surface area (Å²) in [4.78, 5) is 24.3. The molecule has 0 bridgehead atoms. The van der Waals surface area contributed by atoms with Crippen LogP contribution in [0.4, 0.5) is 0 Å². The molecule has 2 aromatic rings. The van der Waals surface area contributed by atoms with E-state index in [1.165, 1.54) is 0 Å². The topological polar surface area (TPSA) is 64.6 Å². The Morgan fingerprint density at radius 2 is 1.58 bits per heavy atom. The zero-order valence-corrected chi connectivity index (χ0v) is 14.8. The number of benzene rings is 2. The predicted molar refractivity (Wildman–Crippen MR) is 98.2 cm³/mol. The molecule has 0 aromatic heterocycles. The molecule has 136 valence electrons. The van der Waals surface area contributed by atoms with E-state index in [2.05, 4.69) is 5.32 Å². The van der Waals surface area contributed by atoms with Gasteiger partial charge in [0.15, 0.2) is 6.10 Å². The molecule has 3 rings (SSSR count). The molecule has 5 heteroatoms. The summed E-state index contributed by atoms with van der Waals surface area (Å²) >= 11 is 0. The van der Waals surface area contributed by atoms with Gasteiger partial charge in [-0.25, -0.2) is 4.79 Å². The van der Waals surface area contributed by atoms with Crippen LogP contribution >= 0.6 is 0 Å². The molecule has 5 nitrogen and oxygen atoms in total. The molecule has 0 heterocycles. The average Bonchev–Trinajstić information content (AvgIpc) is 3.16. The maximum absolute atomic E-state index is 12.2. The third kappa shape index (κ3) is 4.85. The zero-order valence-electron chi connectivity index (χ0n) is 14.8. The van der Waals surface area contributed by atoms with Crippen molar-refractivity contribution in [2.45, 2.75) is 44.8 Å². The number of carbonyl (C=O) groups excluding carboxylic acids is 2. The molecule has 1 aliphatic rings. The Bertz CT molecular complexity index is 736. The number of esters is 1. The molecule has 1 aliphatic carbocycles. The van der Waals surface area contributed by atoms with Crippen LogP contribution in [-0.4, -0.2) is 24.0 Å². The van der Waals surface area contributed by atoms with Crippen molar-refractivity contribution in [3.63, 3.8) is 0 Å². The van der Waals surface area contributed by atoms with Crippen molar-refractivity contribution in [2.24, 2.45) is 0 Å². The quantitative estimate of drug-likeness (QED) is 0.795. The van der Waals surface area contributed by atoms with Gasteiger partial charge in [0.25, 0.3) is 5.91 Å². The van der Waals surface area contributed by atoms with Gasteiger partial charge in [0, 0.05) is 6.04 Å². The first kappa shape index (κ1) is 18.0. The zero-order chi connectivity index (χ0) is 18.4. The lowest BCUT2D eigenvalue weighted by Crippen LogP contribution is -2.40. The molecule has 1 fully saturated rings. The molecule has 0 saturated heterocycles. The van der Waals surface area contributed by atoms with Crippen LogP contribution in [0.15, 0.2) is 54.6 Å². The Balaban J connectivity index is 1.53. The summed E-state index contributed by atoms with van der Waals surface area (Å²) in [5.74, 6) is 0.583. The molecule has 0 radical (unpaired) electrons. The summed E-state index contributed by atoms with van der Waals surface area (Å²) in [5, 5.41) is 2.94. The van der Waals surface area contributed by atoms with Gasteiger partial charge in [0.05, 0.1) is 5.56 Å². The van der Waals surface area contributed by atoms with Crippen molar-refractivity contribution in [1.29, 1.82) is 0 Å². The van der Waals surface area contributed by atoms with Gasteiger partial charge in [-0.3, -0.25) is 4.79 Å². The minimum atomic E-state index is -0.816. The second-order valence-corrected chi connectivity index (χ2v) is 6.48. The number of carbonyl (C=O) groups is 2. The van der Waals surface area contributed by atoms with Crippen LogP contribution in [0.1, 0.15) is 43.0 Å². The summed E-state index contributed by atoms with van der Waals surface area (Å²) in [6.45, 7) is 1.59. The van der Waals surface area contributed by atoms with E-state index in [1.54, 1.807) is 31.2 Å². The molecule has 1 saturated carbocycles. The maximum Gasteiger partial charge on any atom is 0.338 e. The van der Waals surface area contributed by atoms with Crippen LogP contribution in [0.2, 0.25) is 0 Å². The van der Waals surface area contributed by atoms with E-state index in [-0.39, 0.29) is 11.9 Å². The van der Waals surface area contributed by atoms with Gasteiger partial charge in [-0.1, -0.05) is 31.0 Å². The van der Waals surface area contributed by atoms with E-state index in [0.717, 1.165) is 31.4 Å². The van der Waals surface area contributed by atoms with Gasteiger partial charge in [-0.05, 0) is 56.2 Å². The fourth-order valence-electron chi connectivity index (χ4n) is 2.95. The van der Waals surface area contributed by atoms with Gasteiger partial charge in [0.1, 0.15) is 11.5 Å². The largest absolute Gasteiger partial charge is 0.457 e. The Hall–Kier alpha value is -2.82. The highest BCUT2D eigenvalue weighted by Gasteiger charge is 2.23. The van der Waals surface area contributed by atoms with Gasteiger partial charge >= 0.3 is 5.97 Å². The summed E-state index contributed by atoms with van der Waals surface area (Å²) in [7, 11) is 0. The Kier molecular flexibility index (Phi) is 5.89. The fraction of sp³-hybridized carbons (Fsp3) is 0.333. The normalized spacial score (nSPS) is 15.3. The van der Waals surface area contributed by atoms with Gasteiger partial charge in [-0.2, -0.15) is 0 Å². The average molecular weight is 353 g/mol. The number of nitrogens with one attached hydrogen (secondary N) is 1. The minimum absolute atomic E-state index is 0.207. The lowest BCUT2D eigenvalue weighted by molar-refractivity contribution is -0.129. The smallest absolute Gasteiger partial charge is 0.338 e. The van der Waals surface area contributed by atoms with Crippen LogP contribution in [0, 0.1) is 0 Å². The van der Waals surface area contributed by atoms with E-state index in [9.17, 15) is 9.59 Å². The lowest BCUT2D eigenvalue weighted by Gasteiger charge is -2.17. The summed E-state index contributed by atoms with van der Waals surface area (Å²) in [5.41, 5.74) is 0.380. The molecule has 1 amide bonds. The summed E-state index contributed by atoms with van der Waals surface area (Å²) < 4.78 is 11.0. The van der Waals surface area contributed by atoms with E-state index >= 15 is 0 Å². The maximum atomic E-state index is 12.2. The first-order chi connectivity index (χ1) is 12.6. The van der Waals surface area contributed by atoms with Crippen LogP contribution < -0.4 is 10.1 Å². The van der Waals surface area contributed by atoms with Crippen molar-refractivity contribution in [2.75, 3.05) is 0 Å². The Morgan fingerprint density at radius 1 is 0.962 bits per heavy atom. The highest BCUT2D eigenvalue weighted by Crippen LogP contribution is 2.21. The second kappa shape index (κ2) is 8.52. The van der Waals surface area contributed by atoms with Crippen molar-refractivity contribution in [1.82, 2.24) is 5.32 Å². The van der Waals surface area contributed by atoms with Crippen LogP contribution in [0.3, 0.4) is 0 Å². The van der Waals surface area contributed by atoms with E-state index in [0.29, 0.717) is 11.3 Å². The van der Waals surface area contributed by atoms with Crippen LogP contribution in [0.25, 0.3) is 0 Å². The molecule has 0 spiro atoms. The van der Waals surface area contributed by atoms with E-state index in [4.69, 9.17) is 9.47 Å². The van der Waals surface area contributed by atoms with Gasteiger partial charge in [0.2, 0.25) is 0 Å². The highest BCUT2D eigenvalue weighted by molar-refractivity contribution is 5.92.